The van der Waals surface area contributed by atoms with Crippen LogP contribution in [0, 0.1) is 5.82 Å². The van der Waals surface area contributed by atoms with Gasteiger partial charge in [-0.05, 0) is 19.4 Å². The van der Waals surface area contributed by atoms with Gasteiger partial charge in [-0.15, -0.1) is 5.10 Å². The minimum atomic E-state index is -0.696. The molecule has 0 saturated carbocycles. The summed E-state index contributed by atoms with van der Waals surface area (Å²) in [6.45, 7) is 4.05. The molecule has 1 unspecified atom stereocenters. The number of benzene rings is 1. The Bertz CT molecular complexity index is 881. The topological polar surface area (TPSA) is 91.9 Å². The molecule has 0 aliphatic heterocycles. The highest BCUT2D eigenvalue weighted by Crippen LogP contribution is 2.27. The van der Waals surface area contributed by atoms with Crippen LogP contribution in [-0.4, -0.2) is 27.8 Å². The quantitative estimate of drug-likeness (QED) is 0.662. The first-order valence-electron chi connectivity index (χ1n) is 7.88. The van der Waals surface area contributed by atoms with E-state index in [1.807, 2.05) is 37.3 Å². The number of H-pyrrole nitrogens is 1. The van der Waals surface area contributed by atoms with Crippen LogP contribution in [0.2, 0.25) is 0 Å². The van der Waals surface area contributed by atoms with E-state index in [-0.39, 0.29) is 23.3 Å². The molecule has 0 aliphatic rings. The molecule has 0 fully saturated rings. The summed E-state index contributed by atoms with van der Waals surface area (Å²) in [5, 5.41) is 12.0. The molecule has 2 aromatic heterocycles. The van der Waals surface area contributed by atoms with Gasteiger partial charge in [0.25, 0.3) is 0 Å². The van der Waals surface area contributed by atoms with E-state index < -0.39 is 11.8 Å². The minimum Gasteiger partial charge on any atom is -0.476 e. The van der Waals surface area contributed by atoms with Crippen LogP contribution in [0.1, 0.15) is 25.5 Å². The maximum absolute atomic E-state index is 14.5. The summed E-state index contributed by atoms with van der Waals surface area (Å²) in [6, 6.07) is 8.68. The Hall–Kier alpha value is -3.16. The molecule has 3 N–H and O–H groups in total. The Morgan fingerprint density at radius 1 is 1.36 bits per heavy atom. The summed E-state index contributed by atoms with van der Waals surface area (Å²) in [7, 11) is 0. The van der Waals surface area contributed by atoms with E-state index in [1.54, 1.807) is 6.92 Å². The maximum Gasteiger partial charge on any atom is 0.320 e. The van der Waals surface area contributed by atoms with E-state index in [0.717, 1.165) is 5.56 Å². The van der Waals surface area contributed by atoms with Gasteiger partial charge >= 0.3 is 6.03 Å². The molecule has 0 radical (unpaired) electrons. The number of carbonyl (C=O) groups excluding carboxylic acids is 1. The number of aromatic amines is 1. The highest BCUT2D eigenvalue weighted by Gasteiger charge is 2.17. The van der Waals surface area contributed by atoms with Crippen LogP contribution in [0.5, 0.6) is 5.88 Å². The van der Waals surface area contributed by atoms with Crippen molar-refractivity contribution in [1.82, 2.24) is 20.5 Å². The Morgan fingerprint density at radius 3 is 2.84 bits per heavy atom. The number of nitrogens with one attached hydrogen (secondary N) is 3. The second kappa shape index (κ2) is 7.16. The van der Waals surface area contributed by atoms with Gasteiger partial charge in [-0.3, -0.25) is 10.4 Å². The summed E-state index contributed by atoms with van der Waals surface area (Å²) in [5.41, 5.74) is 1.07. The molecule has 1 aromatic carbocycles. The zero-order valence-corrected chi connectivity index (χ0v) is 13.8. The number of amides is 2. The van der Waals surface area contributed by atoms with Crippen molar-refractivity contribution < 1.29 is 13.9 Å². The van der Waals surface area contributed by atoms with Crippen LogP contribution in [0.4, 0.5) is 15.0 Å². The normalized spacial score (nSPS) is 12.0. The van der Waals surface area contributed by atoms with E-state index in [1.165, 1.54) is 6.20 Å². The molecule has 2 heterocycles. The first kappa shape index (κ1) is 16.7. The zero-order valence-electron chi connectivity index (χ0n) is 13.8. The lowest BCUT2D eigenvalue weighted by Crippen LogP contribution is -2.31. The van der Waals surface area contributed by atoms with E-state index in [0.29, 0.717) is 12.0 Å². The van der Waals surface area contributed by atoms with E-state index >= 15 is 0 Å². The zero-order chi connectivity index (χ0) is 17.8. The summed E-state index contributed by atoms with van der Waals surface area (Å²) >= 11 is 0. The van der Waals surface area contributed by atoms with Gasteiger partial charge in [-0.25, -0.2) is 14.2 Å². The molecule has 0 aliphatic carbocycles. The summed E-state index contributed by atoms with van der Waals surface area (Å²) < 4.78 is 19.8. The fourth-order valence-corrected chi connectivity index (χ4v) is 2.42. The number of aromatic nitrogens is 3. The van der Waals surface area contributed by atoms with Crippen molar-refractivity contribution in [2.24, 2.45) is 0 Å². The van der Waals surface area contributed by atoms with Crippen molar-refractivity contribution in [2.45, 2.75) is 19.9 Å². The van der Waals surface area contributed by atoms with Gasteiger partial charge in [0.2, 0.25) is 5.88 Å². The molecule has 1 atom stereocenters. The molecular weight excluding hydrogens is 325 g/mol. The largest absolute Gasteiger partial charge is 0.476 e. The Balaban J connectivity index is 1.74. The highest BCUT2D eigenvalue weighted by atomic mass is 19.1. The third-order valence-corrected chi connectivity index (χ3v) is 3.68. The number of fused-ring (bicyclic) bond motifs is 1. The first-order chi connectivity index (χ1) is 12.1. The number of hydrogen-bond donors (Lipinski definition) is 3. The lowest BCUT2D eigenvalue weighted by molar-refractivity contribution is 0.249. The second-order valence-electron chi connectivity index (χ2n) is 5.40. The third kappa shape index (κ3) is 3.52. The summed E-state index contributed by atoms with van der Waals surface area (Å²) in [5.74, 6) is -0.604. The minimum absolute atomic E-state index is 0.129. The molecule has 0 saturated heterocycles. The predicted molar refractivity (Wildman–Crippen MR) is 92.0 cm³/mol. The lowest BCUT2D eigenvalue weighted by Gasteiger charge is -2.15. The van der Waals surface area contributed by atoms with Crippen LogP contribution >= 0.6 is 0 Å². The molecule has 3 rings (SSSR count). The molecule has 8 heteroatoms. The number of carbonyl (C=O) groups is 1. The van der Waals surface area contributed by atoms with Crippen LogP contribution in [0.15, 0.2) is 36.5 Å². The average molecular weight is 343 g/mol. The number of anilines is 1. The van der Waals surface area contributed by atoms with Gasteiger partial charge in [-0.1, -0.05) is 30.3 Å². The number of hydrogen-bond acceptors (Lipinski definition) is 4. The molecule has 25 heavy (non-hydrogen) atoms. The van der Waals surface area contributed by atoms with E-state index in [2.05, 4.69) is 25.8 Å². The van der Waals surface area contributed by atoms with Crippen molar-refractivity contribution in [3.8, 4) is 5.88 Å². The summed E-state index contributed by atoms with van der Waals surface area (Å²) in [6.07, 6.45) is 1.41. The van der Waals surface area contributed by atoms with Crippen molar-refractivity contribution >= 4 is 22.8 Å². The van der Waals surface area contributed by atoms with Gasteiger partial charge in [0.15, 0.2) is 11.6 Å². The van der Waals surface area contributed by atoms with Gasteiger partial charge in [-0.2, -0.15) is 0 Å². The molecule has 130 valence electrons. The van der Waals surface area contributed by atoms with Gasteiger partial charge in [0.05, 0.1) is 18.0 Å². The molecule has 0 spiro atoms. The highest BCUT2D eigenvalue weighted by molar-refractivity contribution is 5.92. The average Bonchev–Trinajstić information content (AvgIpc) is 3.02. The Morgan fingerprint density at radius 2 is 2.12 bits per heavy atom. The van der Waals surface area contributed by atoms with E-state index in [9.17, 15) is 9.18 Å². The smallest absolute Gasteiger partial charge is 0.320 e. The van der Waals surface area contributed by atoms with Gasteiger partial charge in [0, 0.05) is 6.20 Å². The Kier molecular flexibility index (Phi) is 4.78. The number of nitrogens with zero attached hydrogens (tertiary/aromatic N) is 2. The number of rotatable bonds is 5. The van der Waals surface area contributed by atoms with Crippen LogP contribution < -0.4 is 15.4 Å². The first-order valence-corrected chi connectivity index (χ1v) is 7.88. The molecular formula is C17H18FN5O2. The standard InChI is InChI=1S/C17H18FN5O2/c1-3-25-16-12-9-19-15(13(18)14(12)22-23-16)21-17(24)20-10(2)11-7-5-4-6-8-11/h4-10H,3H2,1-2H3,(H,22,23)(H2,19,20,21,24). The van der Waals surface area contributed by atoms with Crippen molar-refractivity contribution in [1.29, 1.82) is 0 Å². The van der Waals surface area contributed by atoms with Crippen molar-refractivity contribution in [3.63, 3.8) is 0 Å². The number of ether oxygens (including phenoxy) is 1. The fraction of sp³-hybridized carbons (Fsp3) is 0.235. The maximum atomic E-state index is 14.5. The molecule has 3 aromatic rings. The third-order valence-electron chi connectivity index (χ3n) is 3.68. The van der Waals surface area contributed by atoms with Crippen LogP contribution in [0.3, 0.4) is 0 Å². The second-order valence-corrected chi connectivity index (χ2v) is 5.40. The van der Waals surface area contributed by atoms with Crippen molar-refractivity contribution in [3.05, 3.63) is 47.9 Å². The van der Waals surface area contributed by atoms with Crippen LogP contribution in [0.25, 0.3) is 10.9 Å². The monoisotopic (exact) mass is 343 g/mol. The number of halogens is 1. The lowest BCUT2D eigenvalue weighted by atomic mass is 10.1. The number of pyridine rings is 1. The van der Waals surface area contributed by atoms with Gasteiger partial charge < -0.3 is 10.1 Å². The predicted octanol–water partition coefficient (Wildman–Crippen LogP) is 3.38. The SMILES string of the molecule is CCOc1n[nH]c2c(F)c(NC(=O)NC(C)c3ccccc3)ncc12. The fourth-order valence-electron chi connectivity index (χ4n) is 2.42. The van der Waals surface area contributed by atoms with Crippen LogP contribution in [-0.2, 0) is 0 Å². The summed E-state index contributed by atoms with van der Waals surface area (Å²) in [4.78, 5) is 16.1. The Labute approximate surface area is 143 Å². The van der Waals surface area contributed by atoms with Crippen molar-refractivity contribution in [2.75, 3.05) is 11.9 Å². The molecule has 0 bridgehead atoms. The molecule has 7 nitrogen and oxygen atoms in total. The van der Waals surface area contributed by atoms with E-state index in [4.69, 9.17) is 4.74 Å². The van der Waals surface area contributed by atoms with Gasteiger partial charge in [0.1, 0.15) is 5.52 Å². The molecule has 2 amide bonds. The number of urea groups is 1.